The number of carbonyl (C=O) groups is 1. The van der Waals surface area contributed by atoms with Crippen molar-refractivity contribution < 1.29 is 4.79 Å². The Bertz CT molecular complexity index is 550. The number of hydrogen-bond donors (Lipinski definition) is 0. The van der Waals surface area contributed by atoms with E-state index < -0.39 is 0 Å². The van der Waals surface area contributed by atoms with E-state index in [0.717, 1.165) is 18.7 Å². The quantitative estimate of drug-likeness (QED) is 0.814. The lowest BCUT2D eigenvalue weighted by molar-refractivity contribution is -0.118. The minimum atomic E-state index is 0.149. The molecule has 0 spiro atoms. The lowest BCUT2D eigenvalue weighted by Gasteiger charge is -2.17. The summed E-state index contributed by atoms with van der Waals surface area (Å²) in [6.07, 6.45) is 4.80. The van der Waals surface area contributed by atoms with Crippen LogP contribution < -0.4 is 4.90 Å². The fourth-order valence-corrected chi connectivity index (χ4v) is 2.29. The van der Waals surface area contributed by atoms with Crippen molar-refractivity contribution in [3.05, 3.63) is 42.2 Å². The molecule has 0 aliphatic carbocycles. The topological polar surface area (TPSA) is 51.0 Å². The van der Waals surface area contributed by atoms with E-state index in [1.54, 1.807) is 17.1 Å². The molecule has 5 heteroatoms. The molecule has 92 valence electrons. The Morgan fingerprint density at radius 3 is 3.06 bits per heavy atom. The number of aryl methyl sites for hydroxylation is 1. The molecule has 0 radical (unpaired) electrons. The number of para-hydroxylation sites is 1. The fourth-order valence-electron chi connectivity index (χ4n) is 2.29. The third-order valence-corrected chi connectivity index (χ3v) is 3.21. The van der Waals surface area contributed by atoms with E-state index in [0.29, 0.717) is 13.0 Å². The van der Waals surface area contributed by atoms with Gasteiger partial charge in [-0.05, 0) is 18.1 Å². The first-order valence-electron chi connectivity index (χ1n) is 6.07. The summed E-state index contributed by atoms with van der Waals surface area (Å²) in [7, 11) is 0. The number of anilines is 1. The van der Waals surface area contributed by atoms with E-state index in [4.69, 9.17) is 0 Å². The highest BCUT2D eigenvalue weighted by Crippen LogP contribution is 2.27. The third kappa shape index (κ3) is 1.99. The maximum atomic E-state index is 12.2. The van der Waals surface area contributed by atoms with Crippen molar-refractivity contribution in [2.45, 2.75) is 19.4 Å². The predicted molar refractivity (Wildman–Crippen MR) is 67.1 cm³/mol. The van der Waals surface area contributed by atoms with Crippen LogP contribution in [0, 0.1) is 0 Å². The van der Waals surface area contributed by atoms with Gasteiger partial charge in [-0.3, -0.25) is 9.48 Å². The van der Waals surface area contributed by atoms with Crippen LogP contribution in [0.25, 0.3) is 0 Å². The normalized spacial score (nSPS) is 13.7. The van der Waals surface area contributed by atoms with Gasteiger partial charge in [0.05, 0.1) is 12.7 Å². The molecular formula is C13H14N4O. The van der Waals surface area contributed by atoms with Gasteiger partial charge in [-0.25, -0.2) is 0 Å². The average Bonchev–Trinajstić information content (AvgIpc) is 3.05. The predicted octanol–water partition coefficient (Wildman–Crippen LogP) is 1.26. The van der Waals surface area contributed by atoms with Crippen LogP contribution in [-0.2, 0) is 17.8 Å². The molecule has 0 N–H and O–H groups in total. The standard InChI is InChI=1S/C13H14N4O/c18-13(6-8-16-10-7-14-15-16)17-9-5-11-3-1-2-4-12(11)17/h1-4,7,10H,5-6,8-9H2. The second-order valence-corrected chi connectivity index (χ2v) is 4.34. The van der Waals surface area contributed by atoms with E-state index >= 15 is 0 Å². The monoisotopic (exact) mass is 242 g/mol. The van der Waals surface area contributed by atoms with Crippen molar-refractivity contribution in [2.24, 2.45) is 0 Å². The first-order valence-corrected chi connectivity index (χ1v) is 6.07. The molecule has 1 amide bonds. The Morgan fingerprint density at radius 1 is 1.33 bits per heavy atom. The molecule has 1 aliphatic rings. The van der Waals surface area contributed by atoms with E-state index in [2.05, 4.69) is 16.4 Å². The molecule has 1 aromatic heterocycles. The zero-order valence-electron chi connectivity index (χ0n) is 9.99. The number of amides is 1. The highest BCUT2D eigenvalue weighted by atomic mass is 16.2. The molecule has 5 nitrogen and oxygen atoms in total. The summed E-state index contributed by atoms with van der Waals surface area (Å²) in [6.45, 7) is 1.37. The number of nitrogens with zero attached hydrogens (tertiary/aromatic N) is 4. The van der Waals surface area contributed by atoms with Crippen LogP contribution >= 0.6 is 0 Å². The molecule has 0 atom stereocenters. The van der Waals surface area contributed by atoms with Gasteiger partial charge in [0.1, 0.15) is 0 Å². The first-order chi connectivity index (χ1) is 8.84. The van der Waals surface area contributed by atoms with Gasteiger partial charge >= 0.3 is 0 Å². The molecule has 2 aromatic rings. The van der Waals surface area contributed by atoms with Crippen molar-refractivity contribution in [2.75, 3.05) is 11.4 Å². The van der Waals surface area contributed by atoms with Crippen LogP contribution in [-0.4, -0.2) is 27.4 Å². The first kappa shape index (κ1) is 11.0. The summed E-state index contributed by atoms with van der Waals surface area (Å²) in [5, 5.41) is 7.58. The van der Waals surface area contributed by atoms with Crippen molar-refractivity contribution in [1.29, 1.82) is 0 Å². The summed E-state index contributed by atoms with van der Waals surface area (Å²) in [5.74, 6) is 0.149. The smallest absolute Gasteiger partial charge is 0.228 e. The third-order valence-electron chi connectivity index (χ3n) is 3.21. The van der Waals surface area contributed by atoms with Gasteiger partial charge in [-0.2, -0.15) is 0 Å². The molecule has 0 saturated heterocycles. The summed E-state index contributed by atoms with van der Waals surface area (Å²) in [4.78, 5) is 14.0. The molecule has 18 heavy (non-hydrogen) atoms. The second-order valence-electron chi connectivity index (χ2n) is 4.34. The SMILES string of the molecule is O=C(CCn1ccnn1)N1CCc2ccccc21. The number of fused-ring (bicyclic) bond motifs is 1. The molecule has 2 heterocycles. The van der Waals surface area contributed by atoms with E-state index in [9.17, 15) is 4.79 Å². The number of benzene rings is 1. The number of carbonyl (C=O) groups excluding carboxylic acids is 1. The van der Waals surface area contributed by atoms with Gasteiger partial charge in [0, 0.05) is 24.8 Å². The van der Waals surface area contributed by atoms with E-state index in [1.165, 1.54) is 5.56 Å². The Kier molecular flexibility index (Phi) is 2.80. The summed E-state index contributed by atoms with van der Waals surface area (Å²) >= 11 is 0. The molecule has 1 aromatic carbocycles. The van der Waals surface area contributed by atoms with Crippen molar-refractivity contribution in [3.8, 4) is 0 Å². The van der Waals surface area contributed by atoms with Crippen LogP contribution in [0.4, 0.5) is 5.69 Å². The summed E-state index contributed by atoms with van der Waals surface area (Å²) in [6, 6.07) is 8.08. The minimum Gasteiger partial charge on any atom is -0.312 e. The van der Waals surface area contributed by atoms with Gasteiger partial charge in [0.15, 0.2) is 0 Å². The molecule has 0 saturated carbocycles. The van der Waals surface area contributed by atoms with Crippen molar-refractivity contribution in [3.63, 3.8) is 0 Å². The minimum absolute atomic E-state index is 0.149. The fraction of sp³-hybridized carbons (Fsp3) is 0.308. The van der Waals surface area contributed by atoms with Gasteiger partial charge in [0.25, 0.3) is 0 Å². The Hall–Kier alpha value is -2.17. The number of hydrogen-bond acceptors (Lipinski definition) is 3. The number of aromatic nitrogens is 3. The molecule has 0 fully saturated rings. The van der Waals surface area contributed by atoms with E-state index in [-0.39, 0.29) is 5.91 Å². The Morgan fingerprint density at radius 2 is 2.22 bits per heavy atom. The Balaban J connectivity index is 1.67. The second kappa shape index (κ2) is 4.60. The molecule has 3 rings (SSSR count). The van der Waals surface area contributed by atoms with Gasteiger partial charge in [0.2, 0.25) is 5.91 Å². The summed E-state index contributed by atoms with van der Waals surface area (Å²) < 4.78 is 1.68. The van der Waals surface area contributed by atoms with Crippen LogP contribution in [0.3, 0.4) is 0 Å². The summed E-state index contributed by atoms with van der Waals surface area (Å²) in [5.41, 5.74) is 2.31. The molecule has 1 aliphatic heterocycles. The zero-order chi connectivity index (χ0) is 12.4. The van der Waals surface area contributed by atoms with Crippen LogP contribution in [0.5, 0.6) is 0 Å². The van der Waals surface area contributed by atoms with Crippen molar-refractivity contribution in [1.82, 2.24) is 15.0 Å². The van der Waals surface area contributed by atoms with Crippen molar-refractivity contribution >= 4 is 11.6 Å². The maximum Gasteiger partial charge on any atom is 0.228 e. The highest BCUT2D eigenvalue weighted by molar-refractivity contribution is 5.95. The molecule has 0 unspecified atom stereocenters. The van der Waals surface area contributed by atoms with Crippen LogP contribution in [0.1, 0.15) is 12.0 Å². The molecular weight excluding hydrogens is 228 g/mol. The lowest BCUT2D eigenvalue weighted by atomic mass is 10.2. The van der Waals surface area contributed by atoms with Crippen LogP contribution in [0.15, 0.2) is 36.7 Å². The lowest BCUT2D eigenvalue weighted by Crippen LogP contribution is -2.29. The van der Waals surface area contributed by atoms with Gasteiger partial charge in [-0.1, -0.05) is 23.4 Å². The Labute approximate surface area is 105 Å². The average molecular weight is 242 g/mol. The zero-order valence-corrected chi connectivity index (χ0v) is 9.99. The molecule has 0 bridgehead atoms. The highest BCUT2D eigenvalue weighted by Gasteiger charge is 2.23. The number of rotatable bonds is 3. The largest absolute Gasteiger partial charge is 0.312 e. The van der Waals surface area contributed by atoms with Crippen LogP contribution in [0.2, 0.25) is 0 Å². The maximum absolute atomic E-state index is 12.2. The van der Waals surface area contributed by atoms with Gasteiger partial charge < -0.3 is 4.90 Å². The van der Waals surface area contributed by atoms with Gasteiger partial charge in [-0.15, -0.1) is 5.10 Å². The van der Waals surface area contributed by atoms with E-state index in [1.807, 2.05) is 23.1 Å².